The summed E-state index contributed by atoms with van der Waals surface area (Å²) in [6, 6.07) is 9.74. The van der Waals surface area contributed by atoms with Crippen molar-refractivity contribution in [3.05, 3.63) is 51.7 Å². The molecule has 94 valence electrons. The van der Waals surface area contributed by atoms with Crippen LogP contribution in [0.3, 0.4) is 0 Å². The monoisotopic (exact) mass is 259 g/mol. The molecule has 1 aromatic heterocycles. The summed E-state index contributed by atoms with van der Waals surface area (Å²) in [5.74, 6) is 0.450. The molecule has 0 aliphatic heterocycles. The van der Waals surface area contributed by atoms with E-state index in [1.807, 2.05) is 42.6 Å². The van der Waals surface area contributed by atoms with E-state index in [1.165, 1.54) is 11.3 Å². The van der Waals surface area contributed by atoms with Gasteiger partial charge in [-0.25, -0.2) is 0 Å². The Morgan fingerprint density at radius 2 is 1.94 bits per heavy atom. The molecule has 0 bridgehead atoms. The summed E-state index contributed by atoms with van der Waals surface area (Å²) in [6.07, 6.45) is 0.547. The van der Waals surface area contributed by atoms with Crippen molar-refractivity contribution in [2.24, 2.45) is 0 Å². The second kappa shape index (κ2) is 5.36. The maximum Gasteiger partial charge on any atom is 0.173 e. The van der Waals surface area contributed by atoms with E-state index in [0.717, 1.165) is 21.7 Å². The van der Waals surface area contributed by atoms with Gasteiger partial charge in [0.1, 0.15) is 0 Å². The van der Waals surface area contributed by atoms with Gasteiger partial charge in [0.05, 0.1) is 4.88 Å². The van der Waals surface area contributed by atoms with E-state index in [9.17, 15) is 4.79 Å². The molecular weight excluding hydrogens is 242 g/mol. The van der Waals surface area contributed by atoms with E-state index < -0.39 is 0 Å². The minimum absolute atomic E-state index is 0.222. The van der Waals surface area contributed by atoms with Gasteiger partial charge in [0.25, 0.3) is 0 Å². The summed E-state index contributed by atoms with van der Waals surface area (Å²) in [6.45, 7) is 4.06. The van der Waals surface area contributed by atoms with Gasteiger partial charge in [-0.3, -0.25) is 4.79 Å². The first-order valence-corrected chi connectivity index (χ1v) is 6.88. The van der Waals surface area contributed by atoms with E-state index in [4.69, 9.17) is 5.73 Å². The van der Waals surface area contributed by atoms with Gasteiger partial charge in [0.15, 0.2) is 5.78 Å². The Kier molecular flexibility index (Phi) is 3.82. The Morgan fingerprint density at radius 3 is 2.50 bits per heavy atom. The molecule has 0 aliphatic rings. The fraction of sp³-hybridized carbons (Fsp3) is 0.267. The topological polar surface area (TPSA) is 43.1 Å². The fourth-order valence-electron chi connectivity index (χ4n) is 1.97. The van der Waals surface area contributed by atoms with Crippen molar-refractivity contribution in [1.29, 1.82) is 0 Å². The number of benzene rings is 1. The van der Waals surface area contributed by atoms with E-state index in [1.54, 1.807) is 0 Å². The highest BCUT2D eigenvalue weighted by molar-refractivity contribution is 7.12. The predicted octanol–water partition coefficient (Wildman–Crippen LogP) is 4.02. The summed E-state index contributed by atoms with van der Waals surface area (Å²) in [5, 5.41) is 1.97. The van der Waals surface area contributed by atoms with Crippen molar-refractivity contribution < 1.29 is 4.79 Å². The molecule has 0 spiro atoms. The molecule has 0 amide bonds. The first-order valence-electron chi connectivity index (χ1n) is 6.00. The van der Waals surface area contributed by atoms with Crippen LogP contribution in [0.1, 0.15) is 40.1 Å². The summed E-state index contributed by atoms with van der Waals surface area (Å²) in [7, 11) is 0. The molecule has 2 N–H and O–H groups in total. The standard InChI is InChI=1S/C15H17NOS/c1-10-7-8-18-15(10)14(17)9-11(2)12-3-5-13(16)6-4-12/h3-8,11H,9,16H2,1-2H3. The number of Topliss-reactive ketones (excluding diaryl/α,β-unsaturated/α-hetero) is 1. The predicted molar refractivity (Wildman–Crippen MR) is 77.3 cm³/mol. The molecular formula is C15H17NOS. The highest BCUT2D eigenvalue weighted by Crippen LogP contribution is 2.25. The highest BCUT2D eigenvalue weighted by Gasteiger charge is 2.15. The zero-order chi connectivity index (χ0) is 13.1. The Balaban J connectivity index is 2.08. The number of anilines is 1. The van der Waals surface area contributed by atoms with Crippen molar-refractivity contribution in [2.45, 2.75) is 26.2 Å². The minimum Gasteiger partial charge on any atom is -0.399 e. The van der Waals surface area contributed by atoms with Crippen LogP contribution >= 0.6 is 11.3 Å². The van der Waals surface area contributed by atoms with E-state index in [2.05, 4.69) is 6.92 Å². The van der Waals surface area contributed by atoms with Crippen molar-refractivity contribution in [2.75, 3.05) is 5.73 Å². The van der Waals surface area contributed by atoms with Crippen LogP contribution in [0.15, 0.2) is 35.7 Å². The largest absolute Gasteiger partial charge is 0.399 e. The molecule has 0 radical (unpaired) electrons. The van der Waals surface area contributed by atoms with Gasteiger partial charge in [0, 0.05) is 12.1 Å². The van der Waals surface area contributed by atoms with Crippen molar-refractivity contribution in [3.8, 4) is 0 Å². The Morgan fingerprint density at radius 1 is 1.28 bits per heavy atom. The number of nitrogens with two attached hydrogens (primary N) is 1. The quantitative estimate of drug-likeness (QED) is 0.665. The molecule has 1 heterocycles. The molecule has 0 fully saturated rings. The van der Waals surface area contributed by atoms with Gasteiger partial charge in [-0.2, -0.15) is 0 Å². The lowest BCUT2D eigenvalue weighted by Gasteiger charge is -2.11. The van der Waals surface area contributed by atoms with E-state index >= 15 is 0 Å². The number of aryl methyl sites for hydroxylation is 1. The molecule has 2 rings (SSSR count). The number of hydrogen-bond donors (Lipinski definition) is 1. The molecule has 1 unspecified atom stereocenters. The van der Waals surface area contributed by atoms with Gasteiger partial charge in [-0.1, -0.05) is 19.1 Å². The third-order valence-electron chi connectivity index (χ3n) is 3.11. The Labute approximate surface area is 111 Å². The van der Waals surface area contributed by atoms with Gasteiger partial charge < -0.3 is 5.73 Å². The number of ketones is 1. The Hall–Kier alpha value is -1.61. The average Bonchev–Trinajstić information content (AvgIpc) is 2.76. The summed E-state index contributed by atoms with van der Waals surface area (Å²) >= 11 is 1.53. The molecule has 0 aliphatic carbocycles. The molecule has 2 nitrogen and oxygen atoms in total. The Bertz CT molecular complexity index is 542. The van der Waals surface area contributed by atoms with Crippen LogP contribution in [-0.2, 0) is 0 Å². The number of hydrogen-bond acceptors (Lipinski definition) is 3. The molecule has 18 heavy (non-hydrogen) atoms. The fourth-order valence-corrected chi connectivity index (χ4v) is 2.85. The van der Waals surface area contributed by atoms with Gasteiger partial charge in [-0.05, 0) is 47.5 Å². The number of carbonyl (C=O) groups excluding carboxylic acids is 1. The molecule has 0 saturated heterocycles. The van der Waals surface area contributed by atoms with E-state index in [-0.39, 0.29) is 11.7 Å². The summed E-state index contributed by atoms with van der Waals surface area (Å²) < 4.78 is 0. The number of thiophene rings is 1. The van der Waals surface area contributed by atoms with Crippen LogP contribution in [0, 0.1) is 6.92 Å². The van der Waals surface area contributed by atoms with Gasteiger partial charge in [0.2, 0.25) is 0 Å². The molecule has 1 atom stereocenters. The second-order valence-corrected chi connectivity index (χ2v) is 5.54. The lowest BCUT2D eigenvalue weighted by Crippen LogP contribution is -2.04. The van der Waals surface area contributed by atoms with Gasteiger partial charge in [-0.15, -0.1) is 11.3 Å². The summed E-state index contributed by atoms with van der Waals surface area (Å²) in [4.78, 5) is 13.0. The molecule has 3 heteroatoms. The molecule has 2 aromatic rings. The lowest BCUT2D eigenvalue weighted by molar-refractivity contribution is 0.0979. The maximum atomic E-state index is 12.2. The van der Waals surface area contributed by atoms with Crippen LogP contribution in [0.25, 0.3) is 0 Å². The van der Waals surface area contributed by atoms with Crippen LogP contribution in [-0.4, -0.2) is 5.78 Å². The first-order chi connectivity index (χ1) is 8.58. The molecule has 1 aromatic carbocycles. The van der Waals surface area contributed by atoms with Crippen LogP contribution in [0.5, 0.6) is 0 Å². The first kappa shape index (κ1) is 12.8. The second-order valence-electron chi connectivity index (χ2n) is 4.63. The summed E-state index contributed by atoms with van der Waals surface area (Å²) in [5.41, 5.74) is 8.65. The zero-order valence-corrected chi connectivity index (χ0v) is 11.5. The maximum absolute atomic E-state index is 12.2. The SMILES string of the molecule is Cc1ccsc1C(=O)CC(C)c1ccc(N)cc1. The van der Waals surface area contributed by atoms with Crippen LogP contribution in [0.4, 0.5) is 5.69 Å². The third kappa shape index (κ3) is 2.79. The van der Waals surface area contributed by atoms with Crippen LogP contribution in [0.2, 0.25) is 0 Å². The van der Waals surface area contributed by atoms with E-state index in [0.29, 0.717) is 6.42 Å². The normalized spacial score (nSPS) is 12.3. The third-order valence-corrected chi connectivity index (χ3v) is 4.17. The van der Waals surface area contributed by atoms with Crippen molar-refractivity contribution in [3.63, 3.8) is 0 Å². The van der Waals surface area contributed by atoms with Gasteiger partial charge >= 0.3 is 0 Å². The van der Waals surface area contributed by atoms with Crippen molar-refractivity contribution >= 4 is 22.8 Å². The molecule has 0 saturated carbocycles. The number of nitrogen functional groups attached to an aromatic ring is 1. The lowest BCUT2D eigenvalue weighted by atomic mass is 9.94. The smallest absolute Gasteiger partial charge is 0.173 e. The zero-order valence-electron chi connectivity index (χ0n) is 10.6. The number of carbonyl (C=O) groups is 1. The minimum atomic E-state index is 0.222. The highest BCUT2D eigenvalue weighted by atomic mass is 32.1. The van der Waals surface area contributed by atoms with Crippen molar-refractivity contribution in [1.82, 2.24) is 0 Å². The van der Waals surface area contributed by atoms with Crippen LogP contribution < -0.4 is 5.73 Å². The number of rotatable bonds is 4. The average molecular weight is 259 g/mol.